The van der Waals surface area contributed by atoms with Crippen molar-refractivity contribution in [1.82, 2.24) is 5.32 Å². The first-order chi connectivity index (χ1) is 8.22. The number of ether oxygens (including phenoxy) is 1. The molecule has 4 nitrogen and oxygen atoms in total. The van der Waals surface area contributed by atoms with E-state index in [9.17, 15) is 0 Å². The van der Waals surface area contributed by atoms with Crippen LogP contribution in [0.15, 0.2) is 22.7 Å². The van der Waals surface area contributed by atoms with Gasteiger partial charge in [-0.15, -0.1) is 0 Å². The first-order valence-electron chi connectivity index (χ1n) is 5.30. The molecule has 0 fully saturated rings. The molecule has 0 radical (unpaired) electrons. The molecule has 1 aromatic carbocycles. The highest BCUT2D eigenvalue weighted by Gasteiger charge is 2.13. The van der Waals surface area contributed by atoms with Crippen molar-refractivity contribution in [3.8, 4) is 11.8 Å². The summed E-state index contributed by atoms with van der Waals surface area (Å²) in [4.78, 5) is 0. The molecule has 5 heteroatoms. The molecular formula is C12H15BrN2O2. The molecule has 0 spiro atoms. The molecule has 0 saturated carbocycles. The molecule has 0 heterocycles. The SMILES string of the molecule is COc1ccc(Br)c(C(C#N)NCCCO)c1. The standard InChI is InChI=1S/C12H15BrN2O2/c1-17-9-3-4-11(13)10(7-9)12(8-14)15-5-2-6-16/h3-4,7,12,15-16H,2,5-6H2,1H3. The Kier molecular flexibility index (Phi) is 5.98. The second kappa shape index (κ2) is 7.28. The van der Waals surface area contributed by atoms with Gasteiger partial charge in [0.15, 0.2) is 0 Å². The highest BCUT2D eigenvalue weighted by Crippen LogP contribution is 2.27. The number of aliphatic hydroxyl groups is 1. The van der Waals surface area contributed by atoms with Gasteiger partial charge in [-0.05, 0) is 31.2 Å². The number of hydrogen-bond acceptors (Lipinski definition) is 4. The number of aliphatic hydroxyl groups excluding tert-OH is 1. The van der Waals surface area contributed by atoms with Crippen LogP contribution in [0.25, 0.3) is 0 Å². The molecule has 0 aliphatic heterocycles. The van der Waals surface area contributed by atoms with E-state index in [1.54, 1.807) is 7.11 Å². The lowest BCUT2D eigenvalue weighted by molar-refractivity contribution is 0.285. The Morgan fingerprint density at radius 1 is 1.59 bits per heavy atom. The van der Waals surface area contributed by atoms with E-state index in [4.69, 9.17) is 15.1 Å². The fraction of sp³-hybridized carbons (Fsp3) is 0.417. The van der Waals surface area contributed by atoms with Crippen LogP contribution in [0.2, 0.25) is 0 Å². The Morgan fingerprint density at radius 2 is 2.35 bits per heavy atom. The zero-order valence-electron chi connectivity index (χ0n) is 9.61. The molecule has 0 saturated heterocycles. The minimum atomic E-state index is -0.411. The number of benzene rings is 1. The fourth-order valence-corrected chi connectivity index (χ4v) is 1.90. The second-order valence-electron chi connectivity index (χ2n) is 3.48. The molecule has 92 valence electrons. The molecule has 0 bridgehead atoms. The zero-order chi connectivity index (χ0) is 12.7. The first-order valence-corrected chi connectivity index (χ1v) is 6.09. The Balaban J connectivity index is 2.83. The summed E-state index contributed by atoms with van der Waals surface area (Å²) in [6.45, 7) is 0.711. The van der Waals surface area contributed by atoms with Crippen molar-refractivity contribution in [2.75, 3.05) is 20.3 Å². The van der Waals surface area contributed by atoms with Crippen molar-refractivity contribution in [1.29, 1.82) is 5.26 Å². The number of rotatable bonds is 6. The van der Waals surface area contributed by atoms with Crippen LogP contribution < -0.4 is 10.1 Å². The van der Waals surface area contributed by atoms with Gasteiger partial charge in [-0.2, -0.15) is 5.26 Å². The summed E-state index contributed by atoms with van der Waals surface area (Å²) in [5, 5.41) is 20.9. The average molecular weight is 299 g/mol. The number of nitrogens with zero attached hydrogens (tertiary/aromatic N) is 1. The van der Waals surface area contributed by atoms with Crippen LogP contribution in [0, 0.1) is 11.3 Å². The van der Waals surface area contributed by atoms with E-state index < -0.39 is 6.04 Å². The number of hydrogen-bond donors (Lipinski definition) is 2. The average Bonchev–Trinajstić information content (AvgIpc) is 2.36. The van der Waals surface area contributed by atoms with Crippen molar-refractivity contribution < 1.29 is 9.84 Å². The third kappa shape index (κ3) is 4.00. The molecule has 0 amide bonds. The minimum Gasteiger partial charge on any atom is -0.497 e. The van der Waals surface area contributed by atoms with Crippen LogP contribution >= 0.6 is 15.9 Å². The van der Waals surface area contributed by atoms with Crippen molar-refractivity contribution in [3.05, 3.63) is 28.2 Å². The van der Waals surface area contributed by atoms with E-state index >= 15 is 0 Å². The van der Waals surface area contributed by atoms with E-state index in [2.05, 4.69) is 27.3 Å². The Hall–Kier alpha value is -1.09. The summed E-state index contributed by atoms with van der Waals surface area (Å²) in [6.07, 6.45) is 0.625. The lowest BCUT2D eigenvalue weighted by Crippen LogP contribution is -2.22. The topological polar surface area (TPSA) is 65.3 Å². The lowest BCUT2D eigenvalue weighted by Gasteiger charge is -2.14. The van der Waals surface area contributed by atoms with Gasteiger partial charge in [0.05, 0.1) is 13.2 Å². The van der Waals surface area contributed by atoms with E-state index in [0.717, 1.165) is 10.0 Å². The highest BCUT2D eigenvalue weighted by atomic mass is 79.9. The summed E-state index contributed by atoms with van der Waals surface area (Å²) in [5.41, 5.74) is 0.838. The van der Waals surface area contributed by atoms with Gasteiger partial charge in [-0.3, -0.25) is 5.32 Å². The van der Waals surface area contributed by atoms with Gasteiger partial charge < -0.3 is 9.84 Å². The Bertz CT molecular complexity index is 404. The van der Waals surface area contributed by atoms with Gasteiger partial charge in [0.25, 0.3) is 0 Å². The number of halogens is 1. The lowest BCUT2D eigenvalue weighted by atomic mass is 10.1. The largest absolute Gasteiger partial charge is 0.497 e. The second-order valence-corrected chi connectivity index (χ2v) is 4.34. The van der Waals surface area contributed by atoms with Crippen LogP contribution in [-0.4, -0.2) is 25.4 Å². The molecule has 0 aliphatic rings. The van der Waals surface area contributed by atoms with Crippen molar-refractivity contribution >= 4 is 15.9 Å². The zero-order valence-corrected chi connectivity index (χ0v) is 11.2. The maximum absolute atomic E-state index is 9.13. The number of nitrogens with one attached hydrogen (secondary N) is 1. The van der Waals surface area contributed by atoms with Crippen molar-refractivity contribution in [2.45, 2.75) is 12.5 Å². The maximum Gasteiger partial charge on any atom is 0.122 e. The van der Waals surface area contributed by atoms with Gasteiger partial charge in [0.2, 0.25) is 0 Å². The van der Waals surface area contributed by atoms with Gasteiger partial charge in [0.1, 0.15) is 11.8 Å². The first kappa shape index (κ1) is 14.0. The van der Waals surface area contributed by atoms with Gasteiger partial charge in [0, 0.05) is 16.6 Å². The molecule has 2 N–H and O–H groups in total. The molecule has 1 atom stereocenters. The van der Waals surface area contributed by atoms with Crippen LogP contribution in [0.5, 0.6) is 5.75 Å². The quantitative estimate of drug-likeness (QED) is 0.789. The summed E-state index contributed by atoms with van der Waals surface area (Å²) in [7, 11) is 1.59. The fourth-order valence-electron chi connectivity index (χ4n) is 1.42. The van der Waals surface area contributed by atoms with Crippen LogP contribution in [0.4, 0.5) is 0 Å². The normalized spacial score (nSPS) is 11.9. The van der Waals surface area contributed by atoms with E-state index in [1.165, 1.54) is 0 Å². The predicted octanol–water partition coefficient (Wildman–Crippen LogP) is 1.99. The monoisotopic (exact) mass is 298 g/mol. The van der Waals surface area contributed by atoms with Crippen LogP contribution in [0.1, 0.15) is 18.0 Å². The Labute approximate surface area is 109 Å². The van der Waals surface area contributed by atoms with Crippen LogP contribution in [-0.2, 0) is 0 Å². The molecule has 1 rings (SSSR count). The molecule has 1 unspecified atom stereocenters. The van der Waals surface area contributed by atoms with Crippen molar-refractivity contribution in [3.63, 3.8) is 0 Å². The van der Waals surface area contributed by atoms with Gasteiger partial charge in [-0.1, -0.05) is 15.9 Å². The molecule has 0 aliphatic carbocycles. The molecule has 1 aromatic rings. The van der Waals surface area contributed by atoms with E-state index in [1.807, 2.05) is 18.2 Å². The third-order valence-corrected chi connectivity index (χ3v) is 3.05. The summed E-state index contributed by atoms with van der Waals surface area (Å²) < 4.78 is 5.99. The molecule has 0 aromatic heterocycles. The summed E-state index contributed by atoms with van der Waals surface area (Å²) in [6, 6.07) is 7.29. The van der Waals surface area contributed by atoms with Crippen LogP contribution in [0.3, 0.4) is 0 Å². The summed E-state index contributed by atoms with van der Waals surface area (Å²) >= 11 is 3.41. The van der Waals surface area contributed by atoms with Crippen molar-refractivity contribution in [2.24, 2.45) is 0 Å². The minimum absolute atomic E-state index is 0.116. The van der Waals surface area contributed by atoms with E-state index in [0.29, 0.717) is 18.7 Å². The Morgan fingerprint density at radius 3 is 2.94 bits per heavy atom. The smallest absolute Gasteiger partial charge is 0.122 e. The van der Waals surface area contributed by atoms with E-state index in [-0.39, 0.29) is 6.61 Å². The third-order valence-electron chi connectivity index (χ3n) is 2.33. The summed E-state index contributed by atoms with van der Waals surface area (Å²) in [5.74, 6) is 0.715. The maximum atomic E-state index is 9.13. The number of nitriles is 1. The molecular weight excluding hydrogens is 284 g/mol. The van der Waals surface area contributed by atoms with Gasteiger partial charge in [-0.25, -0.2) is 0 Å². The number of methoxy groups -OCH3 is 1. The molecule has 17 heavy (non-hydrogen) atoms. The van der Waals surface area contributed by atoms with Gasteiger partial charge >= 0.3 is 0 Å². The highest BCUT2D eigenvalue weighted by molar-refractivity contribution is 9.10. The predicted molar refractivity (Wildman–Crippen MR) is 68.8 cm³/mol.